The second-order valence-corrected chi connectivity index (χ2v) is 9.22. The molecule has 1 aliphatic rings. The zero-order chi connectivity index (χ0) is 24.9. The minimum absolute atomic E-state index is 0.0975. The van der Waals surface area contributed by atoms with Gasteiger partial charge in [0, 0.05) is 53.2 Å². The third kappa shape index (κ3) is 5.96. The number of hydrogen-bond acceptors (Lipinski definition) is 6. The Morgan fingerprint density at radius 2 is 1.88 bits per heavy atom. The highest BCUT2D eigenvalue weighted by Crippen LogP contribution is 2.13. The average molecular weight is 473 g/mol. The van der Waals surface area contributed by atoms with Gasteiger partial charge < -0.3 is 14.6 Å². The van der Waals surface area contributed by atoms with Gasteiger partial charge >= 0.3 is 5.69 Å². The average Bonchev–Trinajstić information content (AvgIpc) is 3.21. The standard InChI is InChI=1S/C24H36N6O4/c1-5-11-29-18-25-21-20(29)22(32)30(23(33)26(21)4)13-7-6-9-24(3,34)10-8-12-27-14-16-28(17-15-27)19(2)31/h18,34H,5-7,9,11-17H2,1-4H3. The van der Waals surface area contributed by atoms with E-state index in [0.29, 0.717) is 56.6 Å². The maximum absolute atomic E-state index is 13.0. The van der Waals surface area contributed by atoms with E-state index in [9.17, 15) is 19.5 Å². The monoisotopic (exact) mass is 472 g/mol. The third-order valence-electron chi connectivity index (χ3n) is 6.34. The number of piperazine rings is 1. The molecule has 0 aromatic carbocycles. The molecule has 34 heavy (non-hydrogen) atoms. The molecule has 1 unspecified atom stereocenters. The first-order valence-corrected chi connectivity index (χ1v) is 12.0. The van der Waals surface area contributed by atoms with Crippen molar-refractivity contribution in [2.24, 2.45) is 7.05 Å². The van der Waals surface area contributed by atoms with E-state index in [2.05, 4.69) is 21.7 Å². The Hall–Kier alpha value is -2.90. The van der Waals surface area contributed by atoms with Crippen molar-refractivity contribution in [3.8, 4) is 11.8 Å². The van der Waals surface area contributed by atoms with Crippen molar-refractivity contribution in [2.45, 2.75) is 65.1 Å². The fourth-order valence-electron chi connectivity index (χ4n) is 4.29. The molecule has 1 amide bonds. The van der Waals surface area contributed by atoms with Crippen LogP contribution in [0.3, 0.4) is 0 Å². The molecule has 3 rings (SSSR count). The zero-order valence-electron chi connectivity index (χ0n) is 20.7. The van der Waals surface area contributed by atoms with Gasteiger partial charge in [0.2, 0.25) is 5.91 Å². The number of carbonyl (C=O) groups excluding carboxylic acids is 1. The van der Waals surface area contributed by atoms with E-state index < -0.39 is 5.60 Å². The number of imidazole rings is 1. The Morgan fingerprint density at radius 3 is 2.53 bits per heavy atom. The van der Waals surface area contributed by atoms with Crippen LogP contribution in [0.1, 0.15) is 46.5 Å². The Bertz CT molecular complexity index is 1190. The molecule has 3 heterocycles. The van der Waals surface area contributed by atoms with E-state index >= 15 is 0 Å². The van der Waals surface area contributed by atoms with Crippen molar-refractivity contribution in [1.82, 2.24) is 28.5 Å². The fraction of sp³-hybridized carbons (Fsp3) is 0.667. The van der Waals surface area contributed by atoms with E-state index in [1.165, 1.54) is 9.13 Å². The lowest BCUT2D eigenvalue weighted by molar-refractivity contribution is -0.130. The van der Waals surface area contributed by atoms with E-state index in [4.69, 9.17) is 0 Å². The maximum Gasteiger partial charge on any atom is 0.332 e. The second kappa shape index (κ2) is 11.0. The Kier molecular flexibility index (Phi) is 8.33. The fourth-order valence-corrected chi connectivity index (χ4v) is 4.29. The smallest absolute Gasteiger partial charge is 0.332 e. The van der Waals surface area contributed by atoms with Gasteiger partial charge in [-0.1, -0.05) is 18.8 Å². The van der Waals surface area contributed by atoms with Crippen LogP contribution in [0.5, 0.6) is 0 Å². The number of unbranched alkanes of at least 4 members (excludes halogenated alkanes) is 1. The first kappa shape index (κ1) is 25.7. The van der Waals surface area contributed by atoms with Crippen molar-refractivity contribution in [2.75, 3.05) is 32.7 Å². The van der Waals surface area contributed by atoms with Gasteiger partial charge in [-0.3, -0.25) is 23.6 Å². The SMILES string of the molecule is CCCn1cnc2c1c(=O)n(CCCCC(C)(O)C#CCN1CCN(C(C)=O)CC1)c(=O)n2C. The van der Waals surface area contributed by atoms with Crippen molar-refractivity contribution in [3.05, 3.63) is 27.2 Å². The summed E-state index contributed by atoms with van der Waals surface area (Å²) in [5, 5.41) is 10.6. The van der Waals surface area contributed by atoms with Crippen molar-refractivity contribution in [1.29, 1.82) is 0 Å². The summed E-state index contributed by atoms with van der Waals surface area (Å²) in [6, 6.07) is 0. The first-order chi connectivity index (χ1) is 16.1. The number of aliphatic hydroxyl groups is 1. The van der Waals surface area contributed by atoms with Gasteiger partial charge in [0.25, 0.3) is 5.56 Å². The van der Waals surface area contributed by atoms with Gasteiger partial charge in [-0.05, 0) is 32.6 Å². The summed E-state index contributed by atoms with van der Waals surface area (Å²) < 4.78 is 4.48. The highest BCUT2D eigenvalue weighted by Gasteiger charge is 2.20. The Balaban J connectivity index is 1.55. The molecule has 0 saturated carbocycles. The van der Waals surface area contributed by atoms with E-state index in [-0.39, 0.29) is 23.7 Å². The minimum Gasteiger partial charge on any atom is -0.378 e. The number of carbonyl (C=O) groups is 1. The summed E-state index contributed by atoms with van der Waals surface area (Å²) in [6.45, 7) is 9.77. The predicted octanol–water partition coefficient (Wildman–Crippen LogP) is 0.396. The Morgan fingerprint density at radius 1 is 1.18 bits per heavy atom. The molecule has 1 N–H and O–H groups in total. The van der Waals surface area contributed by atoms with E-state index in [0.717, 1.165) is 19.5 Å². The van der Waals surface area contributed by atoms with Crippen molar-refractivity contribution >= 4 is 17.1 Å². The molecular weight excluding hydrogens is 436 g/mol. The number of nitrogens with zero attached hydrogens (tertiary/aromatic N) is 6. The molecule has 2 aromatic rings. The lowest BCUT2D eigenvalue weighted by Crippen LogP contribution is -2.48. The van der Waals surface area contributed by atoms with Crippen LogP contribution in [-0.2, 0) is 24.9 Å². The number of fused-ring (bicyclic) bond motifs is 1. The van der Waals surface area contributed by atoms with E-state index in [1.807, 2.05) is 11.8 Å². The van der Waals surface area contributed by atoms with Gasteiger partial charge in [0.1, 0.15) is 5.60 Å². The molecule has 1 saturated heterocycles. The van der Waals surface area contributed by atoms with Crippen LogP contribution in [0.2, 0.25) is 0 Å². The quantitative estimate of drug-likeness (QED) is 0.440. The molecule has 0 radical (unpaired) electrons. The minimum atomic E-state index is -1.14. The molecule has 2 aromatic heterocycles. The summed E-state index contributed by atoms with van der Waals surface area (Å²) in [4.78, 5) is 45.3. The van der Waals surface area contributed by atoms with Crippen LogP contribution < -0.4 is 11.2 Å². The summed E-state index contributed by atoms with van der Waals surface area (Å²) in [6.07, 6.45) is 4.12. The highest BCUT2D eigenvalue weighted by molar-refractivity contribution is 5.73. The molecule has 0 aliphatic carbocycles. The van der Waals surface area contributed by atoms with Crippen LogP contribution in [0, 0.1) is 11.8 Å². The van der Waals surface area contributed by atoms with Crippen molar-refractivity contribution < 1.29 is 9.90 Å². The normalized spacial score (nSPS) is 16.3. The summed E-state index contributed by atoms with van der Waals surface area (Å²) in [5.74, 6) is 6.11. The number of aromatic nitrogens is 4. The molecular formula is C24H36N6O4. The number of hydrogen-bond donors (Lipinski definition) is 1. The molecule has 10 nitrogen and oxygen atoms in total. The largest absolute Gasteiger partial charge is 0.378 e. The topological polar surface area (TPSA) is 106 Å². The number of rotatable bonds is 8. The predicted molar refractivity (Wildman–Crippen MR) is 130 cm³/mol. The summed E-state index contributed by atoms with van der Waals surface area (Å²) in [5.41, 5.74) is -0.983. The highest BCUT2D eigenvalue weighted by atomic mass is 16.3. The van der Waals surface area contributed by atoms with Gasteiger partial charge in [-0.2, -0.15) is 0 Å². The molecule has 10 heteroatoms. The van der Waals surface area contributed by atoms with Crippen molar-refractivity contribution in [3.63, 3.8) is 0 Å². The summed E-state index contributed by atoms with van der Waals surface area (Å²) >= 11 is 0. The van der Waals surface area contributed by atoms with Gasteiger partial charge in [0.15, 0.2) is 11.2 Å². The first-order valence-electron chi connectivity index (χ1n) is 12.0. The lowest BCUT2D eigenvalue weighted by atomic mass is 9.99. The van der Waals surface area contributed by atoms with Gasteiger partial charge in [0.05, 0.1) is 12.9 Å². The molecule has 0 bridgehead atoms. The number of amides is 1. The third-order valence-corrected chi connectivity index (χ3v) is 6.34. The van der Waals surface area contributed by atoms with Gasteiger partial charge in [-0.15, -0.1) is 0 Å². The molecule has 1 fully saturated rings. The molecule has 0 spiro atoms. The molecule has 186 valence electrons. The number of aryl methyl sites for hydroxylation is 2. The van der Waals surface area contributed by atoms with Crippen LogP contribution in [0.25, 0.3) is 11.2 Å². The van der Waals surface area contributed by atoms with Crippen LogP contribution in [-0.4, -0.2) is 77.8 Å². The van der Waals surface area contributed by atoms with Crippen LogP contribution in [0.15, 0.2) is 15.9 Å². The van der Waals surface area contributed by atoms with Gasteiger partial charge in [-0.25, -0.2) is 9.78 Å². The second-order valence-electron chi connectivity index (χ2n) is 9.22. The van der Waals surface area contributed by atoms with Crippen LogP contribution in [0.4, 0.5) is 0 Å². The van der Waals surface area contributed by atoms with E-state index in [1.54, 1.807) is 31.8 Å². The zero-order valence-corrected chi connectivity index (χ0v) is 20.7. The Labute approximate surface area is 199 Å². The van der Waals surface area contributed by atoms with Crippen LogP contribution >= 0.6 is 0 Å². The molecule has 1 aliphatic heterocycles. The summed E-state index contributed by atoms with van der Waals surface area (Å²) in [7, 11) is 1.63. The lowest BCUT2D eigenvalue weighted by Gasteiger charge is -2.33. The molecule has 1 atom stereocenters. The maximum atomic E-state index is 13.0.